The fourth-order valence-electron chi connectivity index (χ4n) is 0.928. The largest absolute Gasteiger partial charge is 0.296 e. The van der Waals surface area contributed by atoms with Gasteiger partial charge in [-0.1, -0.05) is 17.7 Å². The Bertz CT molecular complexity index is 369. The average molecular weight is 198 g/mol. The summed E-state index contributed by atoms with van der Waals surface area (Å²) in [5, 5.41) is 0. The van der Waals surface area contributed by atoms with Crippen molar-refractivity contribution in [3.8, 4) is 0 Å². The second-order valence-electron chi connectivity index (χ2n) is 2.67. The molecule has 0 heterocycles. The first-order chi connectivity index (χ1) is 6.06. The summed E-state index contributed by atoms with van der Waals surface area (Å²) in [6.45, 7) is 2.06. The second kappa shape index (κ2) is 3.94. The van der Waals surface area contributed by atoms with Gasteiger partial charge in [0.1, 0.15) is 7.85 Å². The highest BCUT2D eigenvalue weighted by molar-refractivity contribution is 7.86. The van der Waals surface area contributed by atoms with Crippen LogP contribution in [0.15, 0.2) is 29.2 Å². The fraction of sp³-hybridized carbons (Fsp3) is 0.250. The molecule has 0 spiro atoms. The van der Waals surface area contributed by atoms with Gasteiger partial charge in [0.2, 0.25) is 0 Å². The lowest BCUT2D eigenvalue weighted by atomic mass is 10.2. The SMILES string of the molecule is BCOS(=O)(=O)c1ccc(C)cc1. The van der Waals surface area contributed by atoms with Crippen LogP contribution in [0.5, 0.6) is 0 Å². The van der Waals surface area contributed by atoms with Crippen LogP contribution in [0.1, 0.15) is 5.56 Å². The Kier molecular flexibility index (Phi) is 3.11. The van der Waals surface area contributed by atoms with E-state index in [4.69, 9.17) is 0 Å². The zero-order chi connectivity index (χ0) is 9.90. The highest BCUT2D eigenvalue weighted by atomic mass is 32.2. The quantitative estimate of drug-likeness (QED) is 0.517. The van der Waals surface area contributed by atoms with Gasteiger partial charge in [-0.15, -0.1) is 0 Å². The van der Waals surface area contributed by atoms with E-state index in [9.17, 15) is 8.42 Å². The molecule has 0 amide bonds. The van der Waals surface area contributed by atoms with Crippen molar-refractivity contribution in [1.29, 1.82) is 0 Å². The van der Waals surface area contributed by atoms with Crippen LogP contribution in [0.2, 0.25) is 0 Å². The molecular formula is C8H11BO3S. The van der Waals surface area contributed by atoms with Crippen molar-refractivity contribution >= 4 is 18.0 Å². The minimum absolute atomic E-state index is 0.163. The van der Waals surface area contributed by atoms with E-state index in [1.807, 2.05) is 6.92 Å². The summed E-state index contributed by atoms with van der Waals surface area (Å²) in [6, 6.07) is 6.57. The summed E-state index contributed by atoms with van der Waals surface area (Å²) in [6.07, 6.45) is 0. The first-order valence-electron chi connectivity index (χ1n) is 4.02. The zero-order valence-electron chi connectivity index (χ0n) is 7.65. The van der Waals surface area contributed by atoms with Gasteiger partial charge in [0, 0.05) is 6.51 Å². The summed E-state index contributed by atoms with van der Waals surface area (Å²) in [4.78, 5) is 0.208. The third kappa shape index (κ3) is 2.57. The lowest BCUT2D eigenvalue weighted by Crippen LogP contribution is -2.07. The zero-order valence-corrected chi connectivity index (χ0v) is 8.47. The Balaban J connectivity index is 3.02. The number of rotatable bonds is 3. The Morgan fingerprint density at radius 3 is 2.31 bits per heavy atom. The van der Waals surface area contributed by atoms with Gasteiger partial charge in [-0.05, 0) is 19.1 Å². The van der Waals surface area contributed by atoms with Crippen LogP contribution in [-0.2, 0) is 14.3 Å². The van der Waals surface area contributed by atoms with Gasteiger partial charge in [-0.25, -0.2) is 0 Å². The van der Waals surface area contributed by atoms with E-state index in [0.29, 0.717) is 0 Å². The second-order valence-corrected chi connectivity index (χ2v) is 4.29. The monoisotopic (exact) mass is 198 g/mol. The van der Waals surface area contributed by atoms with Crippen LogP contribution in [0.4, 0.5) is 0 Å². The molecular weight excluding hydrogens is 187 g/mol. The van der Waals surface area contributed by atoms with Gasteiger partial charge in [0.25, 0.3) is 10.1 Å². The fourth-order valence-corrected chi connectivity index (χ4v) is 1.84. The summed E-state index contributed by atoms with van der Waals surface area (Å²) >= 11 is 0. The summed E-state index contributed by atoms with van der Waals surface area (Å²) in [5.41, 5.74) is 1.02. The molecule has 0 unspecified atom stereocenters. The van der Waals surface area contributed by atoms with E-state index < -0.39 is 10.1 Å². The first-order valence-corrected chi connectivity index (χ1v) is 5.43. The molecule has 0 aliphatic heterocycles. The maximum absolute atomic E-state index is 11.3. The van der Waals surface area contributed by atoms with Crippen LogP contribution < -0.4 is 0 Å². The number of benzene rings is 1. The minimum atomic E-state index is -3.53. The molecule has 0 aliphatic rings. The summed E-state index contributed by atoms with van der Waals surface area (Å²) in [7, 11) is -1.88. The van der Waals surface area contributed by atoms with Crippen molar-refractivity contribution in [3.05, 3.63) is 29.8 Å². The molecule has 70 valence electrons. The molecule has 0 aliphatic carbocycles. The van der Waals surface area contributed by atoms with Crippen LogP contribution in [0.3, 0.4) is 0 Å². The lowest BCUT2D eigenvalue weighted by molar-refractivity contribution is 0.377. The molecule has 5 heteroatoms. The average Bonchev–Trinajstić information content (AvgIpc) is 2.05. The van der Waals surface area contributed by atoms with Crippen LogP contribution in [-0.4, -0.2) is 22.8 Å². The third-order valence-electron chi connectivity index (χ3n) is 1.58. The summed E-state index contributed by atoms with van der Waals surface area (Å²) in [5.74, 6) is 0. The van der Waals surface area contributed by atoms with E-state index in [1.54, 1.807) is 32.1 Å². The molecule has 1 rings (SSSR count). The predicted octanol–water partition coefficient (Wildman–Crippen LogP) is 0.291. The van der Waals surface area contributed by atoms with Gasteiger partial charge in [-0.2, -0.15) is 8.42 Å². The highest BCUT2D eigenvalue weighted by Gasteiger charge is 2.12. The van der Waals surface area contributed by atoms with E-state index in [-0.39, 0.29) is 11.4 Å². The third-order valence-corrected chi connectivity index (χ3v) is 2.98. The normalized spacial score (nSPS) is 11.5. The smallest absolute Gasteiger partial charge is 0.276 e. The number of hydrogen-bond acceptors (Lipinski definition) is 3. The topological polar surface area (TPSA) is 43.4 Å². The van der Waals surface area contributed by atoms with Gasteiger partial charge in [-0.3, -0.25) is 4.18 Å². The molecule has 13 heavy (non-hydrogen) atoms. The Morgan fingerprint density at radius 2 is 1.85 bits per heavy atom. The minimum Gasteiger partial charge on any atom is -0.276 e. The van der Waals surface area contributed by atoms with Crippen molar-refractivity contribution in [2.75, 3.05) is 6.51 Å². The van der Waals surface area contributed by atoms with Gasteiger partial charge < -0.3 is 0 Å². The predicted molar refractivity (Wildman–Crippen MR) is 52.9 cm³/mol. The molecule has 0 saturated carbocycles. The Labute approximate surface area is 79.3 Å². The maximum atomic E-state index is 11.3. The molecule has 0 aromatic heterocycles. The van der Waals surface area contributed by atoms with Gasteiger partial charge in [0.05, 0.1) is 4.90 Å². The highest BCUT2D eigenvalue weighted by Crippen LogP contribution is 2.12. The standard InChI is InChI=1S/C8H11BO3S/c1-7-2-4-8(5-3-7)13(10,11)12-6-9/h2-5H,6,9H2,1H3. The van der Waals surface area contributed by atoms with Gasteiger partial charge in [0.15, 0.2) is 0 Å². The molecule has 0 atom stereocenters. The Hall–Kier alpha value is -0.805. The van der Waals surface area contributed by atoms with Crippen molar-refractivity contribution in [3.63, 3.8) is 0 Å². The van der Waals surface area contributed by atoms with Crippen molar-refractivity contribution in [2.24, 2.45) is 0 Å². The molecule has 0 bridgehead atoms. The molecule has 1 aromatic rings. The van der Waals surface area contributed by atoms with Crippen molar-refractivity contribution < 1.29 is 12.6 Å². The molecule has 3 nitrogen and oxygen atoms in total. The van der Waals surface area contributed by atoms with Crippen molar-refractivity contribution in [1.82, 2.24) is 0 Å². The molecule has 0 fully saturated rings. The van der Waals surface area contributed by atoms with E-state index in [1.165, 1.54) is 0 Å². The molecule has 0 radical (unpaired) electrons. The molecule has 0 N–H and O–H groups in total. The first kappa shape index (κ1) is 10.3. The summed E-state index contributed by atoms with van der Waals surface area (Å²) < 4.78 is 27.3. The number of aryl methyl sites for hydroxylation is 1. The van der Waals surface area contributed by atoms with E-state index in [2.05, 4.69) is 4.18 Å². The van der Waals surface area contributed by atoms with Crippen LogP contribution in [0.25, 0.3) is 0 Å². The van der Waals surface area contributed by atoms with Crippen molar-refractivity contribution in [2.45, 2.75) is 11.8 Å². The molecule has 0 saturated heterocycles. The van der Waals surface area contributed by atoms with E-state index in [0.717, 1.165) is 5.56 Å². The van der Waals surface area contributed by atoms with Crippen LogP contribution in [0, 0.1) is 6.92 Å². The molecule has 1 aromatic carbocycles. The Morgan fingerprint density at radius 1 is 1.31 bits per heavy atom. The number of hydrogen-bond donors (Lipinski definition) is 0. The lowest BCUT2D eigenvalue weighted by Gasteiger charge is -2.02. The van der Waals surface area contributed by atoms with E-state index >= 15 is 0 Å². The maximum Gasteiger partial charge on any atom is 0.296 e. The van der Waals surface area contributed by atoms with Crippen LogP contribution >= 0.6 is 0 Å². The van der Waals surface area contributed by atoms with Gasteiger partial charge >= 0.3 is 0 Å².